The summed E-state index contributed by atoms with van der Waals surface area (Å²) in [7, 11) is 0. The van der Waals surface area contributed by atoms with Crippen LogP contribution in [0.3, 0.4) is 0 Å². The second-order valence-electron chi connectivity index (χ2n) is 4.99. The van der Waals surface area contributed by atoms with Gasteiger partial charge < -0.3 is 15.4 Å². The number of halogens is 1. The zero-order valence-electron chi connectivity index (χ0n) is 13.9. The van der Waals surface area contributed by atoms with Crippen LogP contribution in [0.5, 0.6) is 0 Å². The van der Waals surface area contributed by atoms with Crippen molar-refractivity contribution in [1.29, 1.82) is 0 Å². The Hall–Kier alpha value is -1.99. The summed E-state index contributed by atoms with van der Waals surface area (Å²) in [5.41, 5.74) is 0.273. The quantitative estimate of drug-likeness (QED) is 0.476. The average Bonchev–Trinajstić information content (AvgIpc) is 2.61. The Balaban J connectivity index is 2.67. The first-order valence-corrected chi connectivity index (χ1v) is 9.35. The van der Waals surface area contributed by atoms with E-state index in [1.165, 1.54) is 17.8 Å². The molecule has 1 aromatic carbocycles. The van der Waals surface area contributed by atoms with Gasteiger partial charge in [0.25, 0.3) is 11.8 Å². The van der Waals surface area contributed by atoms with Gasteiger partial charge in [0.1, 0.15) is 6.04 Å². The van der Waals surface area contributed by atoms with Crippen molar-refractivity contribution in [3.05, 3.63) is 47.5 Å². The minimum absolute atomic E-state index is 0.273. The standard InChI is InChI=1S/C17H21ClN2O4S/c1-3-9-19-15(21)11-24-17(23)14(8-10-25-2)20-16(22)12-6-4-5-7-13(12)18/h3-7,14H,1,8-11H2,2H3,(H,19,21)(H,20,22). The van der Waals surface area contributed by atoms with Crippen molar-refractivity contribution in [3.63, 3.8) is 0 Å². The normalized spacial score (nSPS) is 11.3. The number of carbonyl (C=O) groups excluding carboxylic acids is 3. The van der Waals surface area contributed by atoms with Crippen molar-refractivity contribution in [3.8, 4) is 0 Å². The predicted molar refractivity (Wildman–Crippen MR) is 99.9 cm³/mol. The Morgan fingerprint density at radius 2 is 2.08 bits per heavy atom. The van der Waals surface area contributed by atoms with Gasteiger partial charge in [-0.1, -0.05) is 29.8 Å². The average molecular weight is 385 g/mol. The summed E-state index contributed by atoms with van der Waals surface area (Å²) in [4.78, 5) is 36.0. The van der Waals surface area contributed by atoms with Crippen LogP contribution in [0.4, 0.5) is 0 Å². The number of nitrogens with one attached hydrogen (secondary N) is 2. The first-order chi connectivity index (χ1) is 12.0. The highest BCUT2D eigenvalue weighted by molar-refractivity contribution is 7.98. The molecule has 0 aromatic heterocycles. The molecule has 0 saturated heterocycles. The summed E-state index contributed by atoms with van der Waals surface area (Å²) < 4.78 is 4.98. The van der Waals surface area contributed by atoms with E-state index in [0.29, 0.717) is 17.2 Å². The molecule has 1 unspecified atom stereocenters. The van der Waals surface area contributed by atoms with Gasteiger partial charge in [0.2, 0.25) is 0 Å². The molecule has 0 spiro atoms. The summed E-state index contributed by atoms with van der Waals surface area (Å²) in [6.07, 6.45) is 3.79. The maximum absolute atomic E-state index is 12.3. The maximum atomic E-state index is 12.3. The van der Waals surface area contributed by atoms with Crippen LogP contribution in [-0.2, 0) is 14.3 Å². The van der Waals surface area contributed by atoms with Crippen molar-refractivity contribution >= 4 is 41.1 Å². The first kappa shape index (κ1) is 21.1. The Kier molecular flexibility index (Phi) is 9.72. The van der Waals surface area contributed by atoms with Gasteiger partial charge in [-0.2, -0.15) is 11.8 Å². The van der Waals surface area contributed by atoms with Gasteiger partial charge in [-0.3, -0.25) is 9.59 Å². The molecule has 0 aliphatic heterocycles. The van der Waals surface area contributed by atoms with E-state index in [4.69, 9.17) is 16.3 Å². The fourth-order valence-corrected chi connectivity index (χ4v) is 2.53. The highest BCUT2D eigenvalue weighted by Gasteiger charge is 2.24. The predicted octanol–water partition coefficient (Wildman–Crippen LogP) is 2.04. The molecule has 0 radical (unpaired) electrons. The molecule has 0 saturated carbocycles. The largest absolute Gasteiger partial charge is 0.454 e. The second-order valence-corrected chi connectivity index (χ2v) is 6.38. The van der Waals surface area contributed by atoms with Crippen LogP contribution in [-0.4, -0.2) is 49.0 Å². The number of ether oxygens (including phenoxy) is 1. The van der Waals surface area contributed by atoms with Crippen molar-refractivity contribution in [2.45, 2.75) is 12.5 Å². The third-order valence-corrected chi connectivity index (χ3v) is 4.08. The Bertz CT molecular complexity index is 624. The lowest BCUT2D eigenvalue weighted by molar-refractivity contribution is -0.150. The van der Waals surface area contributed by atoms with E-state index in [0.717, 1.165) is 0 Å². The number of thioether (sulfide) groups is 1. The van der Waals surface area contributed by atoms with Crippen molar-refractivity contribution in [2.24, 2.45) is 0 Å². The SMILES string of the molecule is C=CCNC(=O)COC(=O)C(CCSC)NC(=O)c1ccccc1Cl. The van der Waals surface area contributed by atoms with Gasteiger partial charge in [-0.15, -0.1) is 6.58 Å². The van der Waals surface area contributed by atoms with Gasteiger partial charge in [-0.25, -0.2) is 4.79 Å². The third-order valence-electron chi connectivity index (χ3n) is 3.11. The number of carbonyl (C=O) groups is 3. The summed E-state index contributed by atoms with van der Waals surface area (Å²) in [6.45, 7) is 3.35. The molecule has 2 amide bonds. The molecule has 1 atom stereocenters. The topological polar surface area (TPSA) is 84.5 Å². The van der Waals surface area contributed by atoms with Crippen LogP contribution < -0.4 is 10.6 Å². The molecule has 6 nitrogen and oxygen atoms in total. The van der Waals surface area contributed by atoms with E-state index in [9.17, 15) is 14.4 Å². The maximum Gasteiger partial charge on any atom is 0.329 e. The van der Waals surface area contributed by atoms with E-state index in [-0.39, 0.29) is 12.1 Å². The van der Waals surface area contributed by atoms with Crippen LogP contribution in [0.15, 0.2) is 36.9 Å². The summed E-state index contributed by atoms with van der Waals surface area (Å²) in [5.74, 6) is -0.923. The number of rotatable bonds is 10. The van der Waals surface area contributed by atoms with E-state index >= 15 is 0 Å². The molecule has 0 bridgehead atoms. The highest BCUT2D eigenvalue weighted by atomic mass is 35.5. The van der Waals surface area contributed by atoms with E-state index in [2.05, 4.69) is 17.2 Å². The smallest absolute Gasteiger partial charge is 0.329 e. The Morgan fingerprint density at radius 3 is 2.72 bits per heavy atom. The number of hydrogen-bond donors (Lipinski definition) is 2. The summed E-state index contributed by atoms with van der Waals surface area (Å²) in [6, 6.07) is 5.69. The molecule has 8 heteroatoms. The van der Waals surface area contributed by atoms with Crippen molar-refractivity contribution < 1.29 is 19.1 Å². The molecule has 1 aromatic rings. The minimum atomic E-state index is -0.858. The lowest BCUT2D eigenvalue weighted by Crippen LogP contribution is -2.43. The highest BCUT2D eigenvalue weighted by Crippen LogP contribution is 2.15. The third kappa shape index (κ3) is 7.62. The van der Waals surface area contributed by atoms with E-state index in [1.54, 1.807) is 24.3 Å². The molecule has 136 valence electrons. The molecule has 25 heavy (non-hydrogen) atoms. The summed E-state index contributed by atoms with van der Waals surface area (Å²) in [5, 5.41) is 5.41. The molecule has 1 rings (SSSR count). The first-order valence-electron chi connectivity index (χ1n) is 7.58. The van der Waals surface area contributed by atoms with Crippen LogP contribution in [0.2, 0.25) is 5.02 Å². The van der Waals surface area contributed by atoms with Gasteiger partial charge in [-0.05, 0) is 30.6 Å². The zero-order chi connectivity index (χ0) is 18.7. The number of hydrogen-bond acceptors (Lipinski definition) is 5. The monoisotopic (exact) mass is 384 g/mol. The molecular weight excluding hydrogens is 364 g/mol. The van der Waals surface area contributed by atoms with Crippen LogP contribution in [0.1, 0.15) is 16.8 Å². The molecule has 2 N–H and O–H groups in total. The van der Waals surface area contributed by atoms with Crippen LogP contribution in [0, 0.1) is 0 Å². The number of esters is 1. The number of benzene rings is 1. The van der Waals surface area contributed by atoms with Gasteiger partial charge in [0, 0.05) is 6.54 Å². The van der Waals surface area contributed by atoms with Crippen LogP contribution >= 0.6 is 23.4 Å². The van der Waals surface area contributed by atoms with Gasteiger partial charge in [0.05, 0.1) is 10.6 Å². The number of amides is 2. The van der Waals surface area contributed by atoms with Crippen molar-refractivity contribution in [1.82, 2.24) is 10.6 Å². The zero-order valence-corrected chi connectivity index (χ0v) is 15.5. The Morgan fingerprint density at radius 1 is 1.36 bits per heavy atom. The van der Waals surface area contributed by atoms with Crippen LogP contribution in [0.25, 0.3) is 0 Å². The van der Waals surface area contributed by atoms with Gasteiger partial charge >= 0.3 is 5.97 Å². The second kappa shape index (κ2) is 11.5. The molecule has 0 fully saturated rings. The fraction of sp³-hybridized carbons (Fsp3) is 0.353. The van der Waals surface area contributed by atoms with Crippen molar-refractivity contribution in [2.75, 3.05) is 25.2 Å². The Labute approximate surface area is 156 Å². The molecule has 0 aliphatic rings. The molecular formula is C17H21ClN2O4S. The lowest BCUT2D eigenvalue weighted by Gasteiger charge is -2.17. The lowest BCUT2D eigenvalue weighted by atomic mass is 10.1. The molecule has 0 heterocycles. The minimum Gasteiger partial charge on any atom is -0.454 e. The van der Waals surface area contributed by atoms with E-state index < -0.39 is 30.4 Å². The van der Waals surface area contributed by atoms with E-state index in [1.807, 2.05) is 6.26 Å². The summed E-state index contributed by atoms with van der Waals surface area (Å²) >= 11 is 7.53. The van der Waals surface area contributed by atoms with Gasteiger partial charge in [0.15, 0.2) is 6.61 Å². The fourth-order valence-electron chi connectivity index (χ4n) is 1.84. The molecule has 0 aliphatic carbocycles.